The maximum Gasteiger partial charge on any atom is 0.131 e. The van der Waals surface area contributed by atoms with Crippen molar-refractivity contribution >= 4 is 10.8 Å². The smallest absolute Gasteiger partial charge is 0.131 e. The summed E-state index contributed by atoms with van der Waals surface area (Å²) in [6.45, 7) is 0.554. The zero-order valence-electron chi connectivity index (χ0n) is 11.7. The summed E-state index contributed by atoms with van der Waals surface area (Å²) in [6.07, 6.45) is 0. The van der Waals surface area contributed by atoms with Crippen LogP contribution in [0.15, 0.2) is 54.6 Å². The van der Waals surface area contributed by atoms with Gasteiger partial charge in [0.1, 0.15) is 11.6 Å². The van der Waals surface area contributed by atoms with E-state index in [2.05, 4.69) is 5.32 Å². The molecular weight excluding hydrogens is 268 g/mol. The Morgan fingerprint density at radius 3 is 2.33 bits per heavy atom. The molecule has 0 aliphatic rings. The quantitative estimate of drug-likeness (QED) is 0.746. The van der Waals surface area contributed by atoms with Crippen molar-refractivity contribution in [1.82, 2.24) is 5.32 Å². The van der Waals surface area contributed by atoms with Crippen molar-refractivity contribution in [2.24, 2.45) is 0 Å². The van der Waals surface area contributed by atoms with Gasteiger partial charge in [0.25, 0.3) is 0 Å². The van der Waals surface area contributed by atoms with Gasteiger partial charge in [-0.3, -0.25) is 0 Å². The molecule has 0 bridgehead atoms. The van der Waals surface area contributed by atoms with E-state index in [1.165, 1.54) is 18.2 Å². The van der Waals surface area contributed by atoms with Crippen molar-refractivity contribution in [1.29, 1.82) is 0 Å². The van der Waals surface area contributed by atoms with Crippen molar-refractivity contribution in [2.45, 2.75) is 6.54 Å². The maximum atomic E-state index is 13.9. The van der Waals surface area contributed by atoms with Crippen molar-refractivity contribution in [3.8, 4) is 11.1 Å². The molecule has 0 saturated carbocycles. The number of hydrogen-bond donors (Lipinski definition) is 1. The summed E-state index contributed by atoms with van der Waals surface area (Å²) in [7, 11) is 1.82. The fourth-order valence-electron chi connectivity index (χ4n) is 2.66. The summed E-state index contributed by atoms with van der Waals surface area (Å²) in [6, 6.07) is 15.3. The van der Waals surface area contributed by atoms with Crippen molar-refractivity contribution in [2.75, 3.05) is 7.05 Å². The normalized spacial score (nSPS) is 11.0. The molecule has 106 valence electrons. The molecule has 0 radical (unpaired) electrons. The van der Waals surface area contributed by atoms with Gasteiger partial charge in [-0.2, -0.15) is 0 Å². The SMILES string of the molecule is CNCc1cc(F)ccc1-c1ccc(F)c2ccccc12. The highest BCUT2D eigenvalue weighted by Gasteiger charge is 2.11. The van der Waals surface area contributed by atoms with E-state index in [4.69, 9.17) is 0 Å². The number of halogens is 2. The van der Waals surface area contributed by atoms with E-state index in [9.17, 15) is 8.78 Å². The minimum atomic E-state index is -0.268. The van der Waals surface area contributed by atoms with E-state index in [1.807, 2.05) is 25.2 Å². The summed E-state index contributed by atoms with van der Waals surface area (Å²) < 4.78 is 27.4. The highest BCUT2D eigenvalue weighted by molar-refractivity contribution is 5.97. The second-order valence-corrected chi connectivity index (χ2v) is 4.97. The van der Waals surface area contributed by atoms with Gasteiger partial charge in [0.2, 0.25) is 0 Å². The van der Waals surface area contributed by atoms with Crippen LogP contribution in [0.2, 0.25) is 0 Å². The maximum absolute atomic E-state index is 13.9. The lowest BCUT2D eigenvalue weighted by Crippen LogP contribution is -2.07. The van der Waals surface area contributed by atoms with Gasteiger partial charge in [0, 0.05) is 11.9 Å². The van der Waals surface area contributed by atoms with Crippen molar-refractivity contribution in [3.63, 3.8) is 0 Å². The van der Waals surface area contributed by atoms with E-state index < -0.39 is 0 Å². The lowest BCUT2D eigenvalue weighted by atomic mass is 9.94. The largest absolute Gasteiger partial charge is 0.316 e. The van der Waals surface area contributed by atoms with Crippen LogP contribution in [0, 0.1) is 11.6 Å². The molecule has 3 aromatic rings. The molecule has 0 aliphatic heterocycles. The number of rotatable bonds is 3. The molecule has 0 atom stereocenters. The van der Waals surface area contributed by atoms with Gasteiger partial charge in [0.15, 0.2) is 0 Å². The van der Waals surface area contributed by atoms with Crippen LogP contribution in [-0.2, 0) is 6.54 Å². The highest BCUT2D eigenvalue weighted by Crippen LogP contribution is 2.32. The zero-order valence-corrected chi connectivity index (χ0v) is 11.7. The molecule has 0 heterocycles. The van der Waals surface area contributed by atoms with Gasteiger partial charge in [-0.15, -0.1) is 0 Å². The predicted molar refractivity (Wildman–Crippen MR) is 82.1 cm³/mol. The number of nitrogens with one attached hydrogen (secondary N) is 1. The first-order valence-corrected chi connectivity index (χ1v) is 6.81. The molecule has 1 nitrogen and oxygen atoms in total. The predicted octanol–water partition coefficient (Wildman–Crippen LogP) is 4.50. The third-order valence-corrected chi connectivity index (χ3v) is 3.60. The fourth-order valence-corrected chi connectivity index (χ4v) is 2.66. The monoisotopic (exact) mass is 283 g/mol. The van der Waals surface area contributed by atoms with Gasteiger partial charge >= 0.3 is 0 Å². The van der Waals surface area contributed by atoms with E-state index in [0.29, 0.717) is 11.9 Å². The average Bonchev–Trinajstić information content (AvgIpc) is 2.49. The Balaban J connectivity index is 2.28. The fraction of sp³-hybridized carbons (Fsp3) is 0.111. The lowest BCUT2D eigenvalue weighted by molar-refractivity contribution is 0.624. The molecule has 21 heavy (non-hydrogen) atoms. The average molecular weight is 283 g/mol. The van der Waals surface area contributed by atoms with Crippen LogP contribution in [0.5, 0.6) is 0 Å². The third kappa shape index (κ3) is 2.52. The summed E-state index contributed by atoms with van der Waals surface area (Å²) in [4.78, 5) is 0. The molecule has 0 spiro atoms. The summed E-state index contributed by atoms with van der Waals surface area (Å²) in [5, 5.41) is 4.45. The van der Waals surface area contributed by atoms with Crippen LogP contribution >= 0.6 is 0 Å². The Morgan fingerprint density at radius 1 is 0.857 bits per heavy atom. The lowest BCUT2D eigenvalue weighted by Gasteiger charge is -2.13. The van der Waals surface area contributed by atoms with E-state index >= 15 is 0 Å². The van der Waals surface area contributed by atoms with E-state index in [1.54, 1.807) is 18.2 Å². The Bertz CT molecular complexity index is 796. The van der Waals surface area contributed by atoms with Gasteiger partial charge < -0.3 is 5.32 Å². The molecule has 0 aliphatic carbocycles. The Hall–Kier alpha value is -2.26. The molecule has 0 aromatic heterocycles. The zero-order chi connectivity index (χ0) is 14.8. The number of benzene rings is 3. The molecule has 3 rings (SSSR count). The highest BCUT2D eigenvalue weighted by atomic mass is 19.1. The van der Waals surface area contributed by atoms with Crippen LogP contribution in [0.3, 0.4) is 0 Å². The van der Waals surface area contributed by atoms with Gasteiger partial charge in [-0.25, -0.2) is 8.78 Å². The Morgan fingerprint density at radius 2 is 1.57 bits per heavy atom. The first-order valence-electron chi connectivity index (χ1n) is 6.81. The molecule has 3 heteroatoms. The molecule has 0 unspecified atom stereocenters. The summed E-state index contributed by atoms with van der Waals surface area (Å²) >= 11 is 0. The minimum Gasteiger partial charge on any atom is -0.316 e. The molecule has 0 amide bonds. The second-order valence-electron chi connectivity index (χ2n) is 4.97. The van der Waals surface area contributed by atoms with Crippen LogP contribution in [-0.4, -0.2) is 7.05 Å². The standard InChI is InChI=1S/C18H15F2N/c1-21-11-12-10-13(19)6-7-14(12)16-8-9-18(20)17-5-3-2-4-15(16)17/h2-10,21H,11H2,1H3. The molecular formula is C18H15F2N. The Kier molecular flexibility index (Phi) is 3.67. The van der Waals surface area contributed by atoms with Crippen LogP contribution in [0.1, 0.15) is 5.56 Å². The molecule has 3 aromatic carbocycles. The first kappa shape index (κ1) is 13.7. The Labute approximate surface area is 122 Å². The van der Waals surface area contributed by atoms with Crippen LogP contribution in [0.25, 0.3) is 21.9 Å². The van der Waals surface area contributed by atoms with Crippen molar-refractivity contribution in [3.05, 3.63) is 71.8 Å². The van der Waals surface area contributed by atoms with Crippen molar-refractivity contribution < 1.29 is 8.78 Å². The molecule has 1 N–H and O–H groups in total. The van der Waals surface area contributed by atoms with Gasteiger partial charge in [-0.1, -0.05) is 36.4 Å². The third-order valence-electron chi connectivity index (χ3n) is 3.60. The van der Waals surface area contributed by atoms with E-state index in [0.717, 1.165) is 22.1 Å². The van der Waals surface area contributed by atoms with Gasteiger partial charge in [-0.05, 0) is 47.3 Å². The van der Waals surface area contributed by atoms with Crippen LogP contribution in [0.4, 0.5) is 8.78 Å². The first-order chi connectivity index (χ1) is 10.2. The van der Waals surface area contributed by atoms with E-state index in [-0.39, 0.29) is 11.6 Å². The molecule has 0 fully saturated rings. The summed E-state index contributed by atoms with van der Waals surface area (Å²) in [5.74, 6) is -0.512. The van der Waals surface area contributed by atoms with Gasteiger partial charge in [0.05, 0.1) is 0 Å². The molecule has 0 saturated heterocycles. The minimum absolute atomic E-state index is 0.244. The second kappa shape index (κ2) is 5.62. The summed E-state index contributed by atoms with van der Waals surface area (Å²) in [5.41, 5.74) is 2.69. The number of fused-ring (bicyclic) bond motifs is 1. The number of hydrogen-bond acceptors (Lipinski definition) is 1. The van der Waals surface area contributed by atoms with Crippen LogP contribution < -0.4 is 5.32 Å². The topological polar surface area (TPSA) is 12.0 Å².